The minimum Gasteiger partial charge on any atom is -0.208 e. The van der Waals surface area contributed by atoms with Crippen LogP contribution in [0, 0.1) is 0 Å². The van der Waals surface area contributed by atoms with Gasteiger partial charge in [-0.05, 0) is 31.9 Å². The molecule has 0 radical (unpaired) electrons. The van der Waals surface area contributed by atoms with Crippen LogP contribution in [0.2, 0.25) is 0 Å². The Kier molecular flexibility index (Phi) is 6.13. The third-order valence-corrected chi connectivity index (χ3v) is 13.3. The van der Waals surface area contributed by atoms with E-state index in [9.17, 15) is 0 Å². The van der Waals surface area contributed by atoms with Gasteiger partial charge in [0.25, 0.3) is 0 Å². The molecule has 0 fully saturated rings. The van der Waals surface area contributed by atoms with Crippen molar-refractivity contribution >= 4 is 28.8 Å². The van der Waals surface area contributed by atoms with E-state index in [-0.39, 0.29) is 0 Å². The lowest BCUT2D eigenvalue weighted by Gasteiger charge is -2.31. The maximum Gasteiger partial charge on any atom is 0.180 e. The highest BCUT2D eigenvalue weighted by atomic mass is 28.3. The number of aromatic nitrogens is 3. The average Bonchev–Trinajstić information content (AvgIpc) is 3.40. The highest BCUT2D eigenvalue weighted by Crippen LogP contribution is 2.29. The largest absolute Gasteiger partial charge is 0.208 e. The molecule has 1 aliphatic heterocycles. The monoisotopic (exact) mass is 565 g/mol. The minimum atomic E-state index is -2.53. The molecule has 0 bridgehead atoms. The van der Waals surface area contributed by atoms with Crippen molar-refractivity contribution < 1.29 is 0 Å². The van der Waals surface area contributed by atoms with Crippen molar-refractivity contribution in [2.24, 2.45) is 0 Å². The van der Waals surface area contributed by atoms with E-state index in [1.54, 1.807) is 0 Å². The third-order valence-electron chi connectivity index (χ3n) is 8.43. The van der Waals surface area contributed by atoms with E-state index < -0.39 is 8.07 Å². The zero-order valence-electron chi connectivity index (χ0n) is 23.4. The topological polar surface area (TPSA) is 38.7 Å². The molecular weight excluding hydrogens is 539 g/mol. The summed E-state index contributed by atoms with van der Waals surface area (Å²) in [7, 11) is -2.53. The van der Waals surface area contributed by atoms with Crippen molar-refractivity contribution in [2.45, 2.75) is 0 Å². The van der Waals surface area contributed by atoms with Gasteiger partial charge < -0.3 is 0 Å². The van der Waals surface area contributed by atoms with E-state index in [2.05, 4.69) is 103 Å². The number of nitrogens with zero attached hydrogens (tertiary/aromatic N) is 3. The third kappa shape index (κ3) is 4.15. The van der Waals surface area contributed by atoms with Crippen LogP contribution in [0.4, 0.5) is 0 Å². The lowest BCUT2D eigenvalue weighted by atomic mass is 10.1. The van der Waals surface area contributed by atoms with Gasteiger partial charge in [-0.3, -0.25) is 0 Å². The summed E-state index contributed by atoms with van der Waals surface area (Å²) >= 11 is 0. The van der Waals surface area contributed by atoms with Gasteiger partial charge in [-0.15, -0.1) is 0 Å². The minimum absolute atomic E-state index is 0.668. The van der Waals surface area contributed by atoms with Gasteiger partial charge in [0, 0.05) is 16.7 Å². The number of benzene rings is 6. The van der Waals surface area contributed by atoms with Crippen LogP contribution in [0.25, 0.3) is 45.3 Å². The fourth-order valence-corrected chi connectivity index (χ4v) is 11.7. The van der Waals surface area contributed by atoms with Crippen LogP contribution in [0.3, 0.4) is 0 Å². The molecule has 8 rings (SSSR count). The SMILES string of the molecule is c1ccc(-c2nc(-c3ccccc3)nc(-c3ccc([Si]4(c5ccccc5)c5ccccc5-c5ccccc54)cc3)n2)cc1. The van der Waals surface area contributed by atoms with Crippen molar-refractivity contribution in [1.29, 1.82) is 0 Å². The predicted molar refractivity (Wildman–Crippen MR) is 179 cm³/mol. The summed E-state index contributed by atoms with van der Waals surface area (Å²) in [6.07, 6.45) is 0. The van der Waals surface area contributed by atoms with Gasteiger partial charge in [0.2, 0.25) is 0 Å². The van der Waals surface area contributed by atoms with Gasteiger partial charge in [0.1, 0.15) is 0 Å². The molecule has 7 aromatic rings. The van der Waals surface area contributed by atoms with Crippen LogP contribution in [0.5, 0.6) is 0 Å². The summed E-state index contributed by atoms with van der Waals surface area (Å²) in [6, 6.07) is 58.2. The molecule has 0 N–H and O–H groups in total. The van der Waals surface area contributed by atoms with Gasteiger partial charge in [0.15, 0.2) is 25.5 Å². The van der Waals surface area contributed by atoms with E-state index in [0.717, 1.165) is 16.7 Å². The fourth-order valence-electron chi connectivity index (χ4n) is 6.52. The van der Waals surface area contributed by atoms with Gasteiger partial charge in [0.05, 0.1) is 0 Å². The van der Waals surface area contributed by atoms with E-state index in [1.807, 2.05) is 60.7 Å². The maximum absolute atomic E-state index is 4.96. The summed E-state index contributed by atoms with van der Waals surface area (Å²) in [5.74, 6) is 2.01. The Morgan fingerprint density at radius 1 is 0.302 bits per heavy atom. The number of fused-ring (bicyclic) bond motifs is 3. The molecule has 0 saturated carbocycles. The molecule has 0 saturated heterocycles. The Labute approximate surface area is 252 Å². The first kappa shape index (κ1) is 25.3. The molecule has 4 heteroatoms. The van der Waals surface area contributed by atoms with Crippen molar-refractivity contribution in [2.75, 3.05) is 0 Å². The first-order valence-corrected chi connectivity index (χ1v) is 16.5. The Morgan fingerprint density at radius 2 is 0.651 bits per heavy atom. The second-order valence-electron chi connectivity index (χ2n) is 10.8. The van der Waals surface area contributed by atoms with Crippen LogP contribution < -0.4 is 20.7 Å². The van der Waals surface area contributed by atoms with Crippen LogP contribution in [-0.2, 0) is 0 Å². The van der Waals surface area contributed by atoms with Gasteiger partial charge in [-0.2, -0.15) is 0 Å². The van der Waals surface area contributed by atoms with Crippen molar-refractivity contribution in [3.05, 3.63) is 164 Å². The number of rotatable bonds is 5. The second kappa shape index (κ2) is 10.4. The molecule has 1 aliphatic rings. The van der Waals surface area contributed by atoms with Crippen molar-refractivity contribution in [3.8, 4) is 45.3 Å². The van der Waals surface area contributed by atoms with Crippen molar-refractivity contribution in [3.63, 3.8) is 0 Å². The summed E-state index contributed by atoms with van der Waals surface area (Å²) in [5.41, 5.74) is 5.59. The summed E-state index contributed by atoms with van der Waals surface area (Å²) in [6.45, 7) is 0. The van der Waals surface area contributed by atoms with E-state index in [1.165, 1.54) is 31.9 Å². The molecule has 6 aromatic carbocycles. The summed E-state index contributed by atoms with van der Waals surface area (Å²) in [4.78, 5) is 14.8. The van der Waals surface area contributed by atoms with E-state index >= 15 is 0 Å². The summed E-state index contributed by atoms with van der Waals surface area (Å²) < 4.78 is 0. The van der Waals surface area contributed by atoms with E-state index in [4.69, 9.17) is 15.0 Å². The molecule has 0 amide bonds. The van der Waals surface area contributed by atoms with Gasteiger partial charge in [-0.25, -0.2) is 15.0 Å². The Bertz CT molecular complexity index is 1960. The standard InChI is InChI=1S/C39H27N3Si/c1-4-14-28(15-5-1)37-40-38(29-16-6-2-7-17-29)42-39(41-37)30-24-26-32(27-25-30)43(31-18-8-3-9-19-31)35-22-12-10-20-33(35)34-21-11-13-23-36(34)43/h1-27H. The predicted octanol–water partition coefficient (Wildman–Crippen LogP) is 6.23. The quantitative estimate of drug-likeness (QED) is 0.232. The number of hydrogen-bond acceptors (Lipinski definition) is 3. The molecule has 1 aromatic heterocycles. The molecule has 0 unspecified atom stereocenters. The normalized spacial score (nSPS) is 12.8. The molecule has 2 heterocycles. The van der Waals surface area contributed by atoms with Crippen LogP contribution >= 0.6 is 0 Å². The van der Waals surface area contributed by atoms with Crippen LogP contribution in [0.15, 0.2) is 164 Å². The summed E-state index contributed by atoms with van der Waals surface area (Å²) in [5, 5.41) is 5.61. The molecule has 202 valence electrons. The van der Waals surface area contributed by atoms with Gasteiger partial charge >= 0.3 is 0 Å². The van der Waals surface area contributed by atoms with Crippen molar-refractivity contribution in [1.82, 2.24) is 15.0 Å². The molecule has 0 spiro atoms. The zero-order valence-corrected chi connectivity index (χ0v) is 24.4. The lowest BCUT2D eigenvalue weighted by Crippen LogP contribution is -2.72. The maximum atomic E-state index is 4.96. The Morgan fingerprint density at radius 3 is 1.12 bits per heavy atom. The second-order valence-corrected chi connectivity index (χ2v) is 14.6. The molecule has 43 heavy (non-hydrogen) atoms. The Balaban J connectivity index is 1.31. The van der Waals surface area contributed by atoms with Gasteiger partial charge in [-0.1, -0.05) is 164 Å². The Hall–Kier alpha value is -5.45. The molecule has 0 aliphatic carbocycles. The smallest absolute Gasteiger partial charge is 0.180 e. The van der Waals surface area contributed by atoms with E-state index in [0.29, 0.717) is 17.5 Å². The lowest BCUT2D eigenvalue weighted by molar-refractivity contribution is 1.07. The molecule has 3 nitrogen and oxygen atoms in total. The molecular formula is C39H27N3Si. The highest BCUT2D eigenvalue weighted by Gasteiger charge is 2.48. The van der Waals surface area contributed by atoms with Crippen LogP contribution in [-0.4, -0.2) is 23.0 Å². The fraction of sp³-hybridized carbons (Fsp3) is 0. The first-order chi connectivity index (χ1) is 21.3. The average molecular weight is 566 g/mol. The highest BCUT2D eigenvalue weighted by molar-refractivity contribution is 7.22. The molecule has 0 atom stereocenters. The van der Waals surface area contributed by atoms with Crippen LogP contribution in [0.1, 0.15) is 0 Å². The first-order valence-electron chi connectivity index (χ1n) is 14.5. The zero-order chi connectivity index (χ0) is 28.6. The number of hydrogen-bond donors (Lipinski definition) is 0.